The van der Waals surface area contributed by atoms with Gasteiger partial charge < -0.3 is 13.7 Å². The minimum atomic E-state index is 0.565. The molecule has 0 amide bonds. The Hall–Kier alpha value is -8.37. The maximum Gasteiger partial charge on any atom is 0.211 e. The second-order valence-electron chi connectivity index (χ2n) is 14.2. The quantitative estimate of drug-likeness (QED) is 0.167. The average Bonchev–Trinajstić information content (AvgIpc) is 3.90. The summed E-state index contributed by atoms with van der Waals surface area (Å²) in [5.41, 5.74) is 12.6. The fourth-order valence-electron chi connectivity index (χ4n) is 8.92. The molecule has 0 atom stereocenters. The van der Waals surface area contributed by atoms with Crippen molar-refractivity contribution in [2.24, 2.45) is 0 Å². The lowest BCUT2D eigenvalue weighted by atomic mass is 9.99. The molecule has 0 saturated carbocycles. The van der Waals surface area contributed by atoms with Gasteiger partial charge in [-0.3, -0.25) is 0 Å². The third-order valence-electron chi connectivity index (χ3n) is 11.3. The van der Waals surface area contributed by atoms with Crippen LogP contribution in [0.1, 0.15) is 5.56 Å². The van der Waals surface area contributed by atoms with Gasteiger partial charge in [-0.1, -0.05) is 97.1 Å². The van der Waals surface area contributed by atoms with Crippen LogP contribution >= 0.6 is 0 Å². The van der Waals surface area contributed by atoms with Gasteiger partial charge in [-0.05, 0) is 83.7 Å². The van der Waals surface area contributed by atoms with Crippen LogP contribution in [0.15, 0.2) is 170 Å². The number of nitrogens with zero attached hydrogens (tertiary/aromatic N) is 6. The van der Waals surface area contributed by atoms with E-state index in [-0.39, 0.29) is 0 Å². The minimum Gasteiger partial charge on any atom is -0.318 e. The molecule has 0 unspecified atom stereocenters. The lowest BCUT2D eigenvalue weighted by Gasteiger charge is -2.19. The summed E-state index contributed by atoms with van der Waals surface area (Å²) < 4.78 is 6.80. The minimum absolute atomic E-state index is 0.565. The Balaban J connectivity index is 1.20. The Morgan fingerprint density at radius 3 is 1.67 bits per heavy atom. The molecule has 3 heterocycles. The first-order valence-electron chi connectivity index (χ1n) is 18.6. The van der Waals surface area contributed by atoms with E-state index in [1.807, 2.05) is 60.7 Å². The maximum atomic E-state index is 9.72. The molecular weight excluding hydrogens is 697 g/mol. The van der Waals surface area contributed by atoms with Crippen molar-refractivity contribution in [3.05, 3.63) is 198 Å². The van der Waals surface area contributed by atoms with Gasteiger partial charge in [0.15, 0.2) is 5.69 Å². The predicted octanol–water partition coefficient (Wildman–Crippen LogP) is 13.6. The van der Waals surface area contributed by atoms with Crippen molar-refractivity contribution in [3.63, 3.8) is 0 Å². The van der Waals surface area contributed by atoms with E-state index in [2.05, 4.69) is 139 Å². The van der Waals surface area contributed by atoms with Gasteiger partial charge in [-0.2, -0.15) is 5.26 Å². The third kappa shape index (κ3) is 4.61. The summed E-state index contributed by atoms with van der Waals surface area (Å²) >= 11 is 0. The molecule has 0 aliphatic rings. The molecule has 11 aromatic rings. The number of fused-ring (bicyclic) bond motifs is 9. The zero-order valence-corrected chi connectivity index (χ0v) is 30.3. The summed E-state index contributed by atoms with van der Waals surface area (Å²) in [5.74, 6) is 0. The van der Waals surface area contributed by atoms with E-state index in [1.165, 1.54) is 0 Å². The van der Waals surface area contributed by atoms with Gasteiger partial charge in [0.25, 0.3) is 0 Å². The zero-order valence-electron chi connectivity index (χ0n) is 30.3. The average molecular weight is 725 g/mol. The van der Waals surface area contributed by atoms with Crippen LogP contribution in [-0.4, -0.2) is 13.7 Å². The highest BCUT2D eigenvalue weighted by Gasteiger charge is 2.23. The highest BCUT2D eigenvalue weighted by atomic mass is 15.0. The molecule has 6 heteroatoms. The first-order chi connectivity index (χ1) is 28.2. The molecule has 0 radical (unpaired) electrons. The van der Waals surface area contributed by atoms with Gasteiger partial charge in [0.05, 0.1) is 69.3 Å². The molecule has 0 aliphatic carbocycles. The van der Waals surface area contributed by atoms with Crippen LogP contribution in [0.4, 0.5) is 11.4 Å². The molecule has 6 nitrogen and oxygen atoms in total. The molecule has 0 bridgehead atoms. The van der Waals surface area contributed by atoms with Crippen molar-refractivity contribution in [2.75, 3.05) is 0 Å². The molecule has 8 aromatic carbocycles. The van der Waals surface area contributed by atoms with Gasteiger partial charge in [0.2, 0.25) is 5.69 Å². The van der Waals surface area contributed by atoms with E-state index in [0.717, 1.165) is 93.6 Å². The Morgan fingerprint density at radius 1 is 0.421 bits per heavy atom. The maximum absolute atomic E-state index is 9.72. The first-order valence-corrected chi connectivity index (χ1v) is 18.6. The number of aromatic nitrogens is 3. The van der Waals surface area contributed by atoms with E-state index in [0.29, 0.717) is 16.9 Å². The van der Waals surface area contributed by atoms with Crippen molar-refractivity contribution in [3.8, 4) is 34.3 Å². The number of rotatable bonds is 4. The summed E-state index contributed by atoms with van der Waals surface area (Å²) in [6.07, 6.45) is 0. The van der Waals surface area contributed by atoms with Gasteiger partial charge in [-0.15, -0.1) is 0 Å². The summed E-state index contributed by atoms with van der Waals surface area (Å²) in [4.78, 5) is 7.93. The van der Waals surface area contributed by atoms with E-state index in [4.69, 9.17) is 13.1 Å². The van der Waals surface area contributed by atoms with E-state index in [1.54, 1.807) is 0 Å². The monoisotopic (exact) mass is 724 g/mol. The molecule has 0 saturated heterocycles. The molecule has 0 fully saturated rings. The van der Waals surface area contributed by atoms with Crippen LogP contribution < -0.4 is 0 Å². The van der Waals surface area contributed by atoms with E-state index in [9.17, 15) is 5.26 Å². The third-order valence-corrected chi connectivity index (χ3v) is 11.3. The van der Waals surface area contributed by atoms with Gasteiger partial charge in [0.1, 0.15) is 0 Å². The lowest BCUT2D eigenvalue weighted by molar-refractivity contribution is 1.16. The van der Waals surface area contributed by atoms with Crippen LogP contribution in [0.3, 0.4) is 0 Å². The fraction of sp³-hybridized carbons (Fsp3) is 0. The van der Waals surface area contributed by atoms with E-state index >= 15 is 0 Å². The van der Waals surface area contributed by atoms with Gasteiger partial charge >= 0.3 is 0 Å². The van der Waals surface area contributed by atoms with Crippen LogP contribution in [0.5, 0.6) is 0 Å². The summed E-state index contributed by atoms with van der Waals surface area (Å²) in [7, 11) is 0. The second-order valence-corrected chi connectivity index (χ2v) is 14.2. The number of para-hydroxylation sites is 5. The second kappa shape index (κ2) is 12.3. The highest BCUT2D eigenvalue weighted by Crippen LogP contribution is 2.45. The molecule has 11 rings (SSSR count). The van der Waals surface area contributed by atoms with Crippen LogP contribution in [0.25, 0.3) is 103 Å². The van der Waals surface area contributed by atoms with Crippen molar-refractivity contribution in [1.82, 2.24) is 13.7 Å². The smallest absolute Gasteiger partial charge is 0.211 e. The SMILES string of the molecule is [C-]#[N+]c1ccc2c(c1)c1cc(-n3c4ccccc4c4cc(C#N)ccc43)ccc1n2-c1ccccc1-c1cccc([N+]#[C-])c1-n1c2ccccc2c2ccccc21. The van der Waals surface area contributed by atoms with Crippen molar-refractivity contribution < 1.29 is 0 Å². The molecule has 57 heavy (non-hydrogen) atoms. The normalized spacial score (nSPS) is 11.5. The van der Waals surface area contributed by atoms with Crippen molar-refractivity contribution >= 4 is 76.8 Å². The topological polar surface area (TPSA) is 47.3 Å². The number of nitriles is 1. The standard InChI is InChI=1S/C51H28N6/c1-53-33-23-26-49-41(29-33)42-30-34(55-44-18-7-6-15-38(44)40-28-32(31-52)22-25-48(40)55)24-27-50(42)56(49)45-19-8-5-14-37(45)39-16-11-17-43(54-2)51(39)57-46-20-9-3-12-35(46)36-13-4-10-21-47(36)57/h3-30H. The van der Waals surface area contributed by atoms with Crippen LogP contribution in [-0.2, 0) is 0 Å². The number of hydrogen-bond acceptors (Lipinski definition) is 1. The lowest BCUT2D eigenvalue weighted by Crippen LogP contribution is -2.01. The van der Waals surface area contributed by atoms with Crippen LogP contribution in [0.2, 0.25) is 0 Å². The summed E-state index contributed by atoms with van der Waals surface area (Å²) in [5, 5.41) is 16.1. The van der Waals surface area contributed by atoms with Crippen molar-refractivity contribution in [2.45, 2.75) is 0 Å². The molecule has 0 spiro atoms. The summed E-state index contributed by atoms with van der Waals surface area (Å²) in [6.45, 7) is 16.3. The number of benzene rings is 8. The zero-order chi connectivity index (χ0) is 38.2. The first kappa shape index (κ1) is 32.1. The van der Waals surface area contributed by atoms with Gasteiger partial charge in [-0.25, -0.2) is 9.69 Å². The van der Waals surface area contributed by atoms with Crippen molar-refractivity contribution in [1.29, 1.82) is 5.26 Å². The molecule has 262 valence electrons. The van der Waals surface area contributed by atoms with Gasteiger partial charge in [0, 0.05) is 38.2 Å². The Labute approximate surface area is 327 Å². The van der Waals surface area contributed by atoms with Crippen LogP contribution in [0, 0.1) is 24.5 Å². The highest BCUT2D eigenvalue weighted by molar-refractivity contribution is 6.14. The predicted molar refractivity (Wildman–Crippen MR) is 232 cm³/mol. The Bertz CT molecular complexity index is 3580. The molecular formula is C51H28N6. The molecule has 0 N–H and O–H groups in total. The number of hydrogen-bond donors (Lipinski definition) is 0. The Kier molecular flexibility index (Phi) is 6.95. The fourth-order valence-corrected chi connectivity index (χ4v) is 8.92. The largest absolute Gasteiger partial charge is 0.318 e. The van der Waals surface area contributed by atoms with E-state index < -0.39 is 0 Å². The molecule has 3 aromatic heterocycles. The summed E-state index contributed by atoms with van der Waals surface area (Å²) in [6, 6.07) is 60.1. The molecule has 0 aliphatic heterocycles. The Morgan fingerprint density at radius 2 is 0.965 bits per heavy atom.